The van der Waals surface area contributed by atoms with Crippen molar-refractivity contribution in [3.63, 3.8) is 0 Å². The summed E-state index contributed by atoms with van der Waals surface area (Å²) in [5, 5.41) is 0. The second-order valence-corrected chi connectivity index (χ2v) is 8.64. The number of hydrogen-bond acceptors (Lipinski definition) is 4. The predicted octanol–water partition coefficient (Wildman–Crippen LogP) is 1.40. The molecule has 3 saturated heterocycles. The zero-order valence-electron chi connectivity index (χ0n) is 17.0. The van der Waals surface area contributed by atoms with Crippen molar-refractivity contribution < 1.29 is 9.59 Å². The van der Waals surface area contributed by atoms with Gasteiger partial charge in [-0.2, -0.15) is 0 Å². The van der Waals surface area contributed by atoms with E-state index in [4.69, 9.17) is 0 Å². The minimum atomic E-state index is 0.0440. The maximum absolute atomic E-state index is 12.8. The monoisotopic (exact) mass is 364 g/mol. The SMILES string of the molecule is CC(C)N1CCC[C@@H](N2CCN([C@@H]3CCCN(C(C)C)C3=O)CC2)C1=O. The summed E-state index contributed by atoms with van der Waals surface area (Å²) in [5.74, 6) is 0.610. The Morgan fingerprint density at radius 2 is 1.00 bits per heavy atom. The van der Waals surface area contributed by atoms with Crippen molar-refractivity contribution in [2.75, 3.05) is 39.3 Å². The fraction of sp³-hybridized carbons (Fsp3) is 0.900. The average molecular weight is 365 g/mol. The van der Waals surface area contributed by atoms with Crippen LogP contribution in [0.3, 0.4) is 0 Å². The number of likely N-dealkylation sites (tertiary alicyclic amines) is 2. The maximum atomic E-state index is 12.8. The molecular formula is C20H36N4O2. The lowest BCUT2D eigenvalue weighted by molar-refractivity contribution is -0.147. The Bertz CT molecular complexity index is 468. The Hall–Kier alpha value is -1.14. The van der Waals surface area contributed by atoms with Crippen LogP contribution in [0.5, 0.6) is 0 Å². The van der Waals surface area contributed by atoms with Crippen molar-refractivity contribution >= 4 is 11.8 Å². The first-order valence-electron chi connectivity index (χ1n) is 10.5. The second-order valence-electron chi connectivity index (χ2n) is 8.64. The molecule has 0 saturated carbocycles. The molecule has 6 nitrogen and oxygen atoms in total. The summed E-state index contributed by atoms with van der Waals surface area (Å²) in [6.07, 6.45) is 4.15. The molecule has 148 valence electrons. The summed E-state index contributed by atoms with van der Waals surface area (Å²) in [6.45, 7) is 13.8. The van der Waals surface area contributed by atoms with E-state index in [1.807, 2.05) is 9.80 Å². The Kier molecular flexibility index (Phi) is 6.23. The summed E-state index contributed by atoms with van der Waals surface area (Å²) in [7, 11) is 0. The largest absolute Gasteiger partial charge is 0.339 e. The molecule has 3 aliphatic rings. The molecule has 0 N–H and O–H groups in total. The van der Waals surface area contributed by atoms with Crippen molar-refractivity contribution in [1.82, 2.24) is 19.6 Å². The van der Waals surface area contributed by atoms with Crippen molar-refractivity contribution in [2.45, 2.75) is 77.5 Å². The third-order valence-corrected chi connectivity index (χ3v) is 6.37. The number of carbonyl (C=O) groups excluding carboxylic acids is 2. The number of hydrogen-bond donors (Lipinski definition) is 0. The van der Waals surface area contributed by atoms with Crippen molar-refractivity contribution in [3.8, 4) is 0 Å². The number of piperazine rings is 1. The molecule has 0 aliphatic carbocycles. The molecule has 6 heteroatoms. The lowest BCUT2D eigenvalue weighted by atomic mass is 9.98. The maximum Gasteiger partial charge on any atom is 0.240 e. The number of carbonyl (C=O) groups is 2. The standard InChI is InChI=1S/C20H36N4O2/c1-15(2)23-9-5-7-17(19(23)25)21-11-13-22(14-12-21)18-8-6-10-24(16(3)4)20(18)26/h15-18H,5-14H2,1-4H3/t17-,18-/m1/s1. The molecule has 3 rings (SSSR count). The normalized spacial score (nSPS) is 29.9. The van der Waals surface area contributed by atoms with Gasteiger partial charge in [0.15, 0.2) is 0 Å². The van der Waals surface area contributed by atoms with Crippen LogP contribution in [0, 0.1) is 0 Å². The molecule has 0 aromatic heterocycles. The molecule has 3 heterocycles. The summed E-state index contributed by atoms with van der Waals surface area (Å²) in [4.78, 5) is 34.4. The van der Waals surface area contributed by atoms with Gasteiger partial charge in [0.25, 0.3) is 0 Å². The third-order valence-electron chi connectivity index (χ3n) is 6.37. The summed E-state index contributed by atoms with van der Waals surface area (Å²) in [5.41, 5.74) is 0. The number of rotatable bonds is 4. The quantitative estimate of drug-likeness (QED) is 0.757. The van der Waals surface area contributed by atoms with E-state index in [0.717, 1.165) is 65.0 Å². The summed E-state index contributed by atoms with van der Waals surface area (Å²) in [6, 6.07) is 0.659. The summed E-state index contributed by atoms with van der Waals surface area (Å²) < 4.78 is 0. The van der Waals surface area contributed by atoms with Crippen LogP contribution >= 0.6 is 0 Å². The van der Waals surface area contributed by atoms with E-state index in [1.54, 1.807) is 0 Å². The van der Waals surface area contributed by atoms with Crippen LogP contribution in [-0.2, 0) is 9.59 Å². The Morgan fingerprint density at radius 1 is 0.654 bits per heavy atom. The van der Waals surface area contributed by atoms with Gasteiger partial charge in [-0.25, -0.2) is 0 Å². The molecule has 2 atom stereocenters. The van der Waals surface area contributed by atoms with Crippen LogP contribution < -0.4 is 0 Å². The zero-order chi connectivity index (χ0) is 18.8. The molecule has 0 aromatic rings. The van der Waals surface area contributed by atoms with Gasteiger partial charge in [-0.05, 0) is 53.4 Å². The molecule has 26 heavy (non-hydrogen) atoms. The van der Waals surface area contributed by atoms with E-state index in [2.05, 4.69) is 37.5 Å². The van der Waals surface area contributed by atoms with Crippen LogP contribution in [0.25, 0.3) is 0 Å². The topological polar surface area (TPSA) is 47.1 Å². The van der Waals surface area contributed by atoms with Gasteiger partial charge in [-0.15, -0.1) is 0 Å². The van der Waals surface area contributed by atoms with Crippen LogP contribution in [0.15, 0.2) is 0 Å². The highest BCUT2D eigenvalue weighted by Crippen LogP contribution is 2.24. The molecule has 0 spiro atoms. The molecule has 3 fully saturated rings. The summed E-state index contributed by atoms with van der Waals surface area (Å²) >= 11 is 0. The van der Waals surface area contributed by atoms with Gasteiger partial charge in [0.2, 0.25) is 11.8 Å². The van der Waals surface area contributed by atoms with Gasteiger partial charge in [0.05, 0.1) is 12.1 Å². The minimum Gasteiger partial charge on any atom is -0.339 e. The highest BCUT2D eigenvalue weighted by molar-refractivity contribution is 5.83. The first kappa shape index (κ1) is 19.6. The molecular weight excluding hydrogens is 328 g/mol. The molecule has 0 aromatic carbocycles. The fourth-order valence-electron chi connectivity index (χ4n) is 4.82. The van der Waals surface area contributed by atoms with E-state index in [-0.39, 0.29) is 24.2 Å². The molecule has 0 bridgehead atoms. The lowest BCUT2D eigenvalue weighted by Gasteiger charge is -2.46. The average Bonchev–Trinajstić information content (AvgIpc) is 2.62. The van der Waals surface area contributed by atoms with E-state index in [0.29, 0.717) is 11.8 Å². The lowest BCUT2D eigenvalue weighted by Crippen LogP contribution is -2.62. The van der Waals surface area contributed by atoms with Crippen LogP contribution in [0.2, 0.25) is 0 Å². The van der Waals surface area contributed by atoms with Gasteiger partial charge in [-0.3, -0.25) is 19.4 Å². The molecule has 3 aliphatic heterocycles. The van der Waals surface area contributed by atoms with Crippen LogP contribution in [0.1, 0.15) is 53.4 Å². The second kappa shape index (κ2) is 8.26. The number of piperidine rings is 2. The van der Waals surface area contributed by atoms with Crippen molar-refractivity contribution in [1.29, 1.82) is 0 Å². The van der Waals surface area contributed by atoms with Gasteiger partial charge in [0, 0.05) is 51.4 Å². The van der Waals surface area contributed by atoms with Gasteiger partial charge in [-0.1, -0.05) is 0 Å². The van der Waals surface area contributed by atoms with Crippen LogP contribution in [0.4, 0.5) is 0 Å². The minimum absolute atomic E-state index is 0.0440. The Morgan fingerprint density at radius 3 is 1.31 bits per heavy atom. The first-order valence-corrected chi connectivity index (χ1v) is 10.5. The van der Waals surface area contributed by atoms with Crippen molar-refractivity contribution in [2.24, 2.45) is 0 Å². The van der Waals surface area contributed by atoms with E-state index >= 15 is 0 Å². The highest BCUT2D eigenvalue weighted by atomic mass is 16.2. The highest BCUT2D eigenvalue weighted by Gasteiger charge is 2.39. The number of nitrogens with zero attached hydrogens (tertiary/aromatic N) is 4. The Balaban J connectivity index is 1.57. The van der Waals surface area contributed by atoms with E-state index in [9.17, 15) is 9.59 Å². The Labute approximate surface area is 158 Å². The number of amides is 2. The predicted molar refractivity (Wildman–Crippen MR) is 103 cm³/mol. The fourth-order valence-corrected chi connectivity index (χ4v) is 4.82. The van der Waals surface area contributed by atoms with Gasteiger partial charge < -0.3 is 9.80 Å². The van der Waals surface area contributed by atoms with Gasteiger partial charge >= 0.3 is 0 Å². The van der Waals surface area contributed by atoms with E-state index in [1.165, 1.54) is 0 Å². The first-order chi connectivity index (χ1) is 12.4. The molecule has 2 amide bonds. The zero-order valence-corrected chi connectivity index (χ0v) is 17.0. The molecule has 0 unspecified atom stereocenters. The molecule has 0 radical (unpaired) electrons. The van der Waals surface area contributed by atoms with Gasteiger partial charge in [0.1, 0.15) is 0 Å². The van der Waals surface area contributed by atoms with E-state index < -0.39 is 0 Å². The van der Waals surface area contributed by atoms with Crippen molar-refractivity contribution in [3.05, 3.63) is 0 Å². The smallest absolute Gasteiger partial charge is 0.240 e. The van der Waals surface area contributed by atoms with Crippen LogP contribution in [-0.4, -0.2) is 94.8 Å². The third kappa shape index (κ3) is 3.91.